The van der Waals surface area contributed by atoms with Gasteiger partial charge < -0.3 is 9.84 Å². The van der Waals surface area contributed by atoms with Crippen LogP contribution in [0.5, 0.6) is 5.75 Å². The van der Waals surface area contributed by atoms with Crippen molar-refractivity contribution in [3.05, 3.63) is 54.1 Å². The van der Waals surface area contributed by atoms with E-state index in [4.69, 9.17) is 9.84 Å². The lowest BCUT2D eigenvalue weighted by atomic mass is 10.2. The summed E-state index contributed by atoms with van der Waals surface area (Å²) in [6.45, 7) is 4.40. The molecule has 3 rings (SSSR count). The number of aromatic nitrogens is 3. The van der Waals surface area contributed by atoms with Gasteiger partial charge in [-0.2, -0.15) is 0 Å². The molecule has 136 valence electrons. The molecule has 26 heavy (non-hydrogen) atoms. The lowest BCUT2D eigenvalue weighted by Crippen LogP contribution is -2.25. The molecule has 2 aromatic carbocycles. The van der Waals surface area contributed by atoms with Crippen molar-refractivity contribution in [3.63, 3.8) is 0 Å². The summed E-state index contributed by atoms with van der Waals surface area (Å²) in [5.41, 5.74) is 2.89. The monoisotopic (exact) mass is 354 g/mol. The zero-order valence-corrected chi connectivity index (χ0v) is 14.7. The molecule has 0 bridgehead atoms. The highest BCUT2D eigenvalue weighted by molar-refractivity contribution is 5.73. The second-order valence-electron chi connectivity index (χ2n) is 6.01. The van der Waals surface area contributed by atoms with Gasteiger partial charge in [-0.05, 0) is 36.4 Å². The largest absolute Gasteiger partial charge is 0.481 e. The van der Waals surface area contributed by atoms with Gasteiger partial charge >= 0.3 is 5.97 Å². The lowest BCUT2D eigenvalue weighted by molar-refractivity contribution is -0.137. The molecule has 7 nitrogen and oxygen atoms in total. The third-order valence-corrected chi connectivity index (χ3v) is 4.19. The van der Waals surface area contributed by atoms with Gasteiger partial charge in [-0.3, -0.25) is 9.69 Å². The number of ether oxygens (including phenoxy) is 1. The first-order chi connectivity index (χ1) is 12.7. The maximum absolute atomic E-state index is 10.7. The fourth-order valence-electron chi connectivity index (χ4n) is 2.70. The van der Waals surface area contributed by atoms with Crippen molar-refractivity contribution in [2.75, 3.05) is 13.1 Å². The van der Waals surface area contributed by atoms with Gasteiger partial charge in [0, 0.05) is 13.1 Å². The molecular formula is C19H22N4O3. The fourth-order valence-corrected chi connectivity index (χ4v) is 2.70. The van der Waals surface area contributed by atoms with Crippen molar-refractivity contribution in [2.45, 2.75) is 26.6 Å². The minimum Gasteiger partial charge on any atom is -0.481 e. The van der Waals surface area contributed by atoms with Gasteiger partial charge in [-0.1, -0.05) is 36.4 Å². The Morgan fingerprint density at radius 3 is 2.69 bits per heavy atom. The topological polar surface area (TPSA) is 80.5 Å². The van der Waals surface area contributed by atoms with Crippen LogP contribution in [0.4, 0.5) is 0 Å². The minimum absolute atomic E-state index is 0.154. The molecule has 0 amide bonds. The number of aliphatic carboxylic acids is 1. The predicted molar refractivity (Wildman–Crippen MR) is 97.8 cm³/mol. The Morgan fingerprint density at radius 1 is 1.19 bits per heavy atom. The summed E-state index contributed by atoms with van der Waals surface area (Å²) >= 11 is 0. The summed E-state index contributed by atoms with van der Waals surface area (Å²) in [6.07, 6.45) is 0.154. The Morgan fingerprint density at radius 2 is 1.96 bits per heavy atom. The van der Waals surface area contributed by atoms with Crippen molar-refractivity contribution in [3.8, 4) is 5.75 Å². The highest BCUT2D eigenvalue weighted by atomic mass is 16.5. The first-order valence-corrected chi connectivity index (χ1v) is 8.60. The Kier molecular flexibility index (Phi) is 5.80. The van der Waals surface area contributed by atoms with Crippen LogP contribution < -0.4 is 4.74 Å². The first-order valence-electron chi connectivity index (χ1n) is 8.60. The van der Waals surface area contributed by atoms with Crippen LogP contribution in [0.3, 0.4) is 0 Å². The molecule has 3 aromatic rings. The quantitative estimate of drug-likeness (QED) is 0.636. The molecular weight excluding hydrogens is 332 g/mol. The molecule has 0 unspecified atom stereocenters. The van der Waals surface area contributed by atoms with Crippen LogP contribution in [-0.2, 0) is 18.1 Å². The van der Waals surface area contributed by atoms with Crippen molar-refractivity contribution >= 4 is 17.0 Å². The lowest BCUT2D eigenvalue weighted by Gasteiger charge is -2.19. The maximum atomic E-state index is 10.7. The molecule has 0 fully saturated rings. The molecule has 1 N–H and O–H groups in total. The second kappa shape index (κ2) is 8.44. The molecule has 0 saturated carbocycles. The number of para-hydroxylation sites is 1. The van der Waals surface area contributed by atoms with E-state index >= 15 is 0 Å². The number of carbonyl (C=O) groups is 1. The van der Waals surface area contributed by atoms with E-state index in [1.54, 1.807) is 4.68 Å². The average molecular weight is 354 g/mol. The van der Waals surface area contributed by atoms with Crippen LogP contribution in [0.25, 0.3) is 11.0 Å². The second-order valence-corrected chi connectivity index (χ2v) is 6.01. The van der Waals surface area contributed by atoms with E-state index in [1.165, 1.54) is 0 Å². The fraction of sp³-hybridized carbons (Fsp3) is 0.316. The van der Waals surface area contributed by atoms with E-state index in [-0.39, 0.29) is 6.42 Å². The molecule has 0 atom stereocenters. The van der Waals surface area contributed by atoms with Gasteiger partial charge in [0.15, 0.2) is 6.73 Å². The van der Waals surface area contributed by atoms with E-state index in [0.717, 1.165) is 35.4 Å². The van der Waals surface area contributed by atoms with Crippen LogP contribution in [0.15, 0.2) is 48.5 Å². The number of carboxylic acids is 1. The molecule has 0 aliphatic carbocycles. The third kappa shape index (κ3) is 4.58. The molecule has 7 heteroatoms. The molecule has 0 spiro atoms. The van der Waals surface area contributed by atoms with Crippen LogP contribution in [0.1, 0.15) is 18.9 Å². The molecule has 0 aliphatic heterocycles. The van der Waals surface area contributed by atoms with Gasteiger partial charge in [0.25, 0.3) is 0 Å². The Hall–Kier alpha value is -2.93. The van der Waals surface area contributed by atoms with E-state index < -0.39 is 5.97 Å². The van der Waals surface area contributed by atoms with Crippen LogP contribution in [0, 0.1) is 0 Å². The predicted octanol–water partition coefficient (Wildman–Crippen LogP) is 2.76. The van der Waals surface area contributed by atoms with Gasteiger partial charge in [-0.25, -0.2) is 4.68 Å². The van der Waals surface area contributed by atoms with Crippen molar-refractivity contribution in [2.24, 2.45) is 0 Å². The third-order valence-electron chi connectivity index (χ3n) is 4.19. The van der Waals surface area contributed by atoms with Crippen molar-refractivity contribution < 1.29 is 14.6 Å². The number of rotatable bonds is 9. The summed E-state index contributed by atoms with van der Waals surface area (Å²) in [6, 6.07) is 15.6. The summed E-state index contributed by atoms with van der Waals surface area (Å²) in [7, 11) is 0. The van der Waals surface area contributed by atoms with E-state index in [9.17, 15) is 4.79 Å². The summed E-state index contributed by atoms with van der Waals surface area (Å²) in [5.74, 6) is -0.0188. The van der Waals surface area contributed by atoms with Crippen molar-refractivity contribution in [1.29, 1.82) is 0 Å². The Labute approximate surface area is 151 Å². The highest BCUT2D eigenvalue weighted by Crippen LogP contribution is 2.16. The van der Waals surface area contributed by atoms with Crippen LogP contribution in [0.2, 0.25) is 0 Å². The van der Waals surface area contributed by atoms with E-state index in [1.807, 2.05) is 55.5 Å². The maximum Gasteiger partial charge on any atom is 0.304 e. The van der Waals surface area contributed by atoms with Crippen LogP contribution >= 0.6 is 0 Å². The first kappa shape index (κ1) is 17.9. The minimum atomic E-state index is -0.771. The number of hydrogen-bond acceptors (Lipinski definition) is 5. The summed E-state index contributed by atoms with van der Waals surface area (Å²) in [4.78, 5) is 12.8. The van der Waals surface area contributed by atoms with Crippen molar-refractivity contribution in [1.82, 2.24) is 19.9 Å². The molecule has 1 aromatic heterocycles. The smallest absolute Gasteiger partial charge is 0.304 e. The molecule has 0 saturated heterocycles. The van der Waals surface area contributed by atoms with E-state index in [0.29, 0.717) is 13.3 Å². The Balaban J connectivity index is 1.56. The number of nitrogens with zero attached hydrogens (tertiary/aromatic N) is 4. The van der Waals surface area contributed by atoms with Crippen LogP contribution in [-0.4, -0.2) is 44.1 Å². The number of fused-ring (bicyclic) bond motifs is 1. The standard InChI is InChI=1S/C19H22N4O3/c1-2-22(12-11-19(24)25)13-15-7-9-16(10-8-15)26-14-23-18-6-4-3-5-17(18)20-21-23/h3-10H,2,11-14H2,1H3,(H,24,25). The van der Waals surface area contributed by atoms with Gasteiger partial charge in [-0.15, -0.1) is 5.10 Å². The summed E-state index contributed by atoms with van der Waals surface area (Å²) in [5, 5.41) is 17.0. The van der Waals surface area contributed by atoms with Gasteiger partial charge in [0.05, 0.1) is 11.9 Å². The highest BCUT2D eigenvalue weighted by Gasteiger charge is 2.07. The zero-order chi connectivity index (χ0) is 18.4. The molecule has 1 heterocycles. The Bertz CT molecular complexity index is 861. The number of benzene rings is 2. The SMILES string of the molecule is CCN(CCC(=O)O)Cc1ccc(OCn2nnc3ccccc32)cc1. The van der Waals surface area contributed by atoms with Gasteiger partial charge in [0.2, 0.25) is 0 Å². The molecule has 0 radical (unpaired) electrons. The molecule has 0 aliphatic rings. The van der Waals surface area contributed by atoms with E-state index in [2.05, 4.69) is 15.2 Å². The number of carboxylic acid groups (broad SMARTS) is 1. The summed E-state index contributed by atoms with van der Waals surface area (Å²) < 4.78 is 7.51. The number of hydrogen-bond donors (Lipinski definition) is 1. The average Bonchev–Trinajstić information content (AvgIpc) is 3.07. The van der Waals surface area contributed by atoms with Gasteiger partial charge in [0.1, 0.15) is 11.3 Å². The zero-order valence-electron chi connectivity index (χ0n) is 14.7. The normalized spacial score (nSPS) is 11.2.